The number of thiazole rings is 1. The molecule has 0 amide bonds. The minimum absolute atomic E-state index is 0. The number of aromatic nitrogens is 1. The molecule has 0 bridgehead atoms. The van der Waals surface area contributed by atoms with Gasteiger partial charge < -0.3 is 10.6 Å². The predicted molar refractivity (Wildman–Crippen MR) is 120 cm³/mol. The summed E-state index contributed by atoms with van der Waals surface area (Å²) in [5.74, 6) is 1.28. The van der Waals surface area contributed by atoms with Crippen LogP contribution in [0.4, 0.5) is 0 Å². The SMILES string of the molecule is CCNC(=NCC(C)c1ccc(C)cc1)NCCc1ncc(C)s1.I. The molecule has 0 saturated carbocycles. The van der Waals surface area contributed by atoms with Crippen molar-refractivity contribution in [1.82, 2.24) is 15.6 Å². The van der Waals surface area contributed by atoms with Crippen LogP contribution in [0, 0.1) is 13.8 Å². The monoisotopic (exact) mass is 472 g/mol. The Bertz CT molecular complexity index is 652. The summed E-state index contributed by atoms with van der Waals surface area (Å²) in [6.45, 7) is 11.0. The largest absolute Gasteiger partial charge is 0.357 e. The third-order valence-electron chi connectivity index (χ3n) is 3.81. The van der Waals surface area contributed by atoms with Crippen LogP contribution < -0.4 is 10.6 Å². The molecule has 25 heavy (non-hydrogen) atoms. The molecule has 1 unspecified atom stereocenters. The van der Waals surface area contributed by atoms with Gasteiger partial charge in [0.2, 0.25) is 0 Å². The van der Waals surface area contributed by atoms with E-state index in [0.717, 1.165) is 32.0 Å². The molecule has 1 aromatic carbocycles. The molecule has 1 aromatic heterocycles. The van der Waals surface area contributed by atoms with E-state index in [2.05, 4.69) is 67.6 Å². The minimum atomic E-state index is 0. The summed E-state index contributed by atoms with van der Waals surface area (Å²) in [6.07, 6.45) is 2.86. The molecular formula is C19H29IN4S. The van der Waals surface area contributed by atoms with Crippen LogP contribution in [0.3, 0.4) is 0 Å². The van der Waals surface area contributed by atoms with Crippen LogP contribution in [0.15, 0.2) is 35.5 Å². The van der Waals surface area contributed by atoms with Gasteiger partial charge in [-0.15, -0.1) is 35.3 Å². The molecule has 0 fully saturated rings. The van der Waals surface area contributed by atoms with Gasteiger partial charge in [-0.3, -0.25) is 4.99 Å². The highest BCUT2D eigenvalue weighted by atomic mass is 127. The molecule has 4 nitrogen and oxygen atoms in total. The summed E-state index contributed by atoms with van der Waals surface area (Å²) in [6, 6.07) is 8.71. The second-order valence-electron chi connectivity index (χ2n) is 6.07. The average molecular weight is 472 g/mol. The molecule has 0 saturated heterocycles. The number of rotatable bonds is 7. The number of guanidine groups is 1. The number of nitrogens with one attached hydrogen (secondary N) is 2. The number of aliphatic imine (C=N–C) groups is 1. The maximum absolute atomic E-state index is 4.73. The summed E-state index contributed by atoms with van der Waals surface area (Å²) in [5, 5.41) is 7.88. The molecule has 0 radical (unpaired) electrons. The van der Waals surface area contributed by atoms with Crippen molar-refractivity contribution in [3.8, 4) is 0 Å². The van der Waals surface area contributed by atoms with Gasteiger partial charge in [0.25, 0.3) is 0 Å². The van der Waals surface area contributed by atoms with Crippen LogP contribution in [0.5, 0.6) is 0 Å². The Kier molecular flexibility index (Phi) is 10.0. The molecule has 138 valence electrons. The fourth-order valence-electron chi connectivity index (χ4n) is 2.38. The highest BCUT2D eigenvalue weighted by Crippen LogP contribution is 2.16. The van der Waals surface area contributed by atoms with Crippen LogP contribution in [0.25, 0.3) is 0 Å². The standard InChI is InChI=1S/C19H28N4S.HI/c1-5-20-19(21-11-10-18-22-13-16(4)24-18)23-12-15(3)17-8-6-14(2)7-9-17;/h6-9,13,15H,5,10-12H2,1-4H3,(H2,20,21,23);1H. The fraction of sp³-hybridized carbons (Fsp3) is 0.474. The van der Waals surface area contributed by atoms with E-state index in [-0.39, 0.29) is 24.0 Å². The number of nitrogens with zero attached hydrogens (tertiary/aromatic N) is 2. The van der Waals surface area contributed by atoms with Crippen molar-refractivity contribution in [3.63, 3.8) is 0 Å². The van der Waals surface area contributed by atoms with E-state index < -0.39 is 0 Å². The lowest BCUT2D eigenvalue weighted by molar-refractivity contribution is 0.745. The summed E-state index contributed by atoms with van der Waals surface area (Å²) in [4.78, 5) is 10.4. The Hall–Kier alpha value is -1.15. The molecule has 6 heteroatoms. The van der Waals surface area contributed by atoms with E-state index in [1.54, 1.807) is 11.3 Å². The van der Waals surface area contributed by atoms with Crippen molar-refractivity contribution in [3.05, 3.63) is 51.5 Å². The van der Waals surface area contributed by atoms with Crippen molar-refractivity contribution in [2.24, 2.45) is 4.99 Å². The second-order valence-corrected chi connectivity index (χ2v) is 7.39. The highest BCUT2D eigenvalue weighted by Gasteiger charge is 2.06. The van der Waals surface area contributed by atoms with Crippen LogP contribution in [-0.2, 0) is 6.42 Å². The number of aryl methyl sites for hydroxylation is 2. The Morgan fingerprint density at radius 1 is 1.20 bits per heavy atom. The van der Waals surface area contributed by atoms with Crippen molar-refractivity contribution < 1.29 is 0 Å². The quantitative estimate of drug-likeness (QED) is 0.359. The third kappa shape index (κ3) is 7.73. The summed E-state index contributed by atoms with van der Waals surface area (Å²) in [7, 11) is 0. The molecule has 0 aliphatic carbocycles. The van der Waals surface area contributed by atoms with Crippen LogP contribution >= 0.6 is 35.3 Å². The summed E-state index contributed by atoms with van der Waals surface area (Å²) < 4.78 is 0. The fourth-order valence-corrected chi connectivity index (χ4v) is 3.16. The van der Waals surface area contributed by atoms with Crippen molar-refractivity contribution in [2.75, 3.05) is 19.6 Å². The smallest absolute Gasteiger partial charge is 0.191 e. The molecule has 0 spiro atoms. The minimum Gasteiger partial charge on any atom is -0.357 e. The van der Waals surface area contributed by atoms with Crippen molar-refractivity contribution in [2.45, 2.75) is 40.0 Å². The lowest BCUT2D eigenvalue weighted by Crippen LogP contribution is -2.38. The van der Waals surface area contributed by atoms with Gasteiger partial charge in [0.15, 0.2) is 5.96 Å². The van der Waals surface area contributed by atoms with Gasteiger partial charge in [-0.25, -0.2) is 4.98 Å². The number of hydrogen-bond acceptors (Lipinski definition) is 3. The van der Waals surface area contributed by atoms with E-state index in [0.29, 0.717) is 5.92 Å². The number of benzene rings is 1. The van der Waals surface area contributed by atoms with Gasteiger partial charge in [0.1, 0.15) is 0 Å². The van der Waals surface area contributed by atoms with Gasteiger partial charge in [-0.1, -0.05) is 36.8 Å². The average Bonchev–Trinajstić information content (AvgIpc) is 2.98. The second kappa shape index (κ2) is 11.5. The molecule has 2 aromatic rings. The third-order valence-corrected chi connectivity index (χ3v) is 4.79. The lowest BCUT2D eigenvalue weighted by atomic mass is 10.0. The van der Waals surface area contributed by atoms with Crippen LogP contribution in [0.2, 0.25) is 0 Å². The van der Waals surface area contributed by atoms with E-state index >= 15 is 0 Å². The summed E-state index contributed by atoms with van der Waals surface area (Å²) in [5.41, 5.74) is 2.63. The zero-order valence-electron chi connectivity index (χ0n) is 15.5. The van der Waals surface area contributed by atoms with E-state index in [9.17, 15) is 0 Å². The first-order chi connectivity index (χ1) is 11.6. The first-order valence-electron chi connectivity index (χ1n) is 8.58. The Morgan fingerprint density at radius 3 is 2.52 bits per heavy atom. The summed E-state index contributed by atoms with van der Waals surface area (Å²) >= 11 is 1.76. The van der Waals surface area contributed by atoms with Gasteiger partial charge in [-0.05, 0) is 26.3 Å². The first kappa shape index (κ1) is 21.9. The molecule has 2 N–H and O–H groups in total. The molecule has 1 heterocycles. The molecular weight excluding hydrogens is 443 g/mol. The van der Waals surface area contributed by atoms with E-state index in [4.69, 9.17) is 4.99 Å². The van der Waals surface area contributed by atoms with Gasteiger partial charge in [0.05, 0.1) is 5.01 Å². The van der Waals surface area contributed by atoms with Gasteiger partial charge in [-0.2, -0.15) is 0 Å². The van der Waals surface area contributed by atoms with Crippen LogP contribution in [-0.4, -0.2) is 30.6 Å². The normalized spacial score (nSPS) is 12.4. The van der Waals surface area contributed by atoms with Crippen molar-refractivity contribution >= 4 is 41.3 Å². The molecule has 0 aliphatic rings. The first-order valence-corrected chi connectivity index (χ1v) is 9.40. The van der Waals surface area contributed by atoms with Gasteiger partial charge in [0, 0.05) is 43.0 Å². The lowest BCUT2D eigenvalue weighted by Gasteiger charge is -2.13. The Labute approximate surface area is 172 Å². The molecule has 0 aliphatic heterocycles. The number of hydrogen-bond donors (Lipinski definition) is 2. The maximum Gasteiger partial charge on any atom is 0.191 e. The van der Waals surface area contributed by atoms with E-state index in [1.165, 1.54) is 21.0 Å². The van der Waals surface area contributed by atoms with Crippen LogP contribution in [0.1, 0.15) is 40.8 Å². The maximum atomic E-state index is 4.73. The van der Waals surface area contributed by atoms with Crippen molar-refractivity contribution in [1.29, 1.82) is 0 Å². The Balaban J connectivity index is 0.00000312. The number of halogens is 1. The molecule has 1 atom stereocenters. The zero-order chi connectivity index (χ0) is 17.4. The van der Waals surface area contributed by atoms with E-state index in [1.807, 2.05) is 6.20 Å². The zero-order valence-corrected chi connectivity index (χ0v) is 18.7. The topological polar surface area (TPSA) is 49.3 Å². The predicted octanol–water partition coefficient (Wildman–Crippen LogP) is 4.28. The Morgan fingerprint density at radius 2 is 1.92 bits per heavy atom. The highest BCUT2D eigenvalue weighted by molar-refractivity contribution is 14.0. The van der Waals surface area contributed by atoms with Gasteiger partial charge >= 0.3 is 0 Å². The molecule has 2 rings (SSSR count).